The van der Waals surface area contributed by atoms with Crippen molar-refractivity contribution in [3.63, 3.8) is 0 Å². The highest BCUT2D eigenvalue weighted by molar-refractivity contribution is 6.02. The molecule has 0 aromatic heterocycles. The summed E-state index contributed by atoms with van der Waals surface area (Å²) < 4.78 is 0. The highest BCUT2D eigenvalue weighted by Crippen LogP contribution is 2.26. The lowest BCUT2D eigenvalue weighted by Crippen LogP contribution is -2.42. The first-order valence-corrected chi connectivity index (χ1v) is 8.45. The number of benzene rings is 2. The number of carbonyl (C=O) groups excluding carboxylic acids is 2. The number of aromatic carboxylic acids is 1. The molecule has 1 aliphatic rings. The van der Waals surface area contributed by atoms with Gasteiger partial charge in [-0.3, -0.25) is 9.59 Å². The third-order valence-electron chi connectivity index (χ3n) is 4.46. The van der Waals surface area contributed by atoms with Crippen molar-refractivity contribution in [2.45, 2.75) is 31.8 Å². The summed E-state index contributed by atoms with van der Waals surface area (Å²) in [6.07, 6.45) is 0.569. The van der Waals surface area contributed by atoms with E-state index in [9.17, 15) is 14.4 Å². The van der Waals surface area contributed by atoms with Gasteiger partial charge in [0.15, 0.2) is 0 Å². The minimum absolute atomic E-state index is 0.00876. The molecule has 0 radical (unpaired) electrons. The zero-order valence-corrected chi connectivity index (χ0v) is 14.4. The lowest BCUT2D eigenvalue weighted by molar-refractivity contribution is -0.126. The van der Waals surface area contributed by atoms with Crippen molar-refractivity contribution >= 4 is 23.5 Å². The number of rotatable bonds is 5. The molecule has 1 saturated heterocycles. The normalized spacial score (nSPS) is 19.4. The molecule has 1 aliphatic heterocycles. The largest absolute Gasteiger partial charge is 0.478 e. The van der Waals surface area contributed by atoms with Gasteiger partial charge in [0.05, 0.1) is 12.0 Å². The number of nitrogens with one attached hydrogen (secondary N) is 1. The lowest BCUT2D eigenvalue weighted by Gasteiger charge is -2.21. The minimum atomic E-state index is -1.04. The van der Waals surface area contributed by atoms with Crippen molar-refractivity contribution in [3.8, 4) is 0 Å². The summed E-state index contributed by atoms with van der Waals surface area (Å²) in [7, 11) is 0. The molecule has 1 heterocycles. The molecule has 1 fully saturated rings. The Balaban J connectivity index is 1.66. The summed E-state index contributed by atoms with van der Waals surface area (Å²) in [5.41, 5.74) is 1.55. The molecule has 0 bridgehead atoms. The fourth-order valence-electron chi connectivity index (χ4n) is 3.27. The molecule has 2 aromatic rings. The van der Waals surface area contributed by atoms with E-state index in [1.165, 1.54) is 12.1 Å². The third kappa shape index (κ3) is 3.74. The van der Waals surface area contributed by atoms with Gasteiger partial charge in [-0.05, 0) is 43.2 Å². The zero-order valence-electron chi connectivity index (χ0n) is 14.4. The molecule has 0 spiro atoms. The second-order valence-electron chi connectivity index (χ2n) is 6.43. The quantitative estimate of drug-likeness (QED) is 0.864. The molecular formula is C20H20N2O4. The molecule has 134 valence electrons. The van der Waals surface area contributed by atoms with Crippen LogP contribution in [0.25, 0.3) is 0 Å². The molecule has 26 heavy (non-hydrogen) atoms. The summed E-state index contributed by atoms with van der Waals surface area (Å²) in [6.45, 7) is 1.95. The van der Waals surface area contributed by atoms with E-state index < -0.39 is 12.0 Å². The number of hydrogen-bond donors (Lipinski definition) is 2. The van der Waals surface area contributed by atoms with E-state index in [2.05, 4.69) is 5.32 Å². The van der Waals surface area contributed by atoms with Crippen LogP contribution in [0.15, 0.2) is 54.6 Å². The maximum absolute atomic E-state index is 12.7. The van der Waals surface area contributed by atoms with Gasteiger partial charge in [-0.25, -0.2) is 4.79 Å². The van der Waals surface area contributed by atoms with Gasteiger partial charge in [-0.2, -0.15) is 0 Å². The van der Waals surface area contributed by atoms with Gasteiger partial charge < -0.3 is 15.3 Å². The number of carbonyl (C=O) groups is 3. The molecule has 0 aliphatic carbocycles. The van der Waals surface area contributed by atoms with E-state index in [-0.39, 0.29) is 29.8 Å². The number of nitrogens with zero attached hydrogens (tertiary/aromatic N) is 1. The molecule has 6 nitrogen and oxygen atoms in total. The SMILES string of the molecule is CC1CC(NC(=O)Cc2cccc(C(=O)O)c2)C(=O)N1c1ccccc1. The van der Waals surface area contributed by atoms with Crippen molar-refractivity contribution in [2.24, 2.45) is 0 Å². The molecule has 0 saturated carbocycles. The molecule has 2 N–H and O–H groups in total. The first-order valence-electron chi connectivity index (χ1n) is 8.45. The molecule has 2 amide bonds. The Morgan fingerprint density at radius 3 is 2.58 bits per heavy atom. The Morgan fingerprint density at radius 1 is 1.15 bits per heavy atom. The van der Waals surface area contributed by atoms with Crippen molar-refractivity contribution in [3.05, 3.63) is 65.7 Å². The van der Waals surface area contributed by atoms with Crippen LogP contribution in [0.5, 0.6) is 0 Å². The van der Waals surface area contributed by atoms with Crippen LogP contribution in [-0.4, -0.2) is 35.0 Å². The average Bonchev–Trinajstić information content (AvgIpc) is 2.89. The summed E-state index contributed by atoms with van der Waals surface area (Å²) >= 11 is 0. The van der Waals surface area contributed by atoms with Gasteiger partial charge in [-0.1, -0.05) is 30.3 Å². The van der Waals surface area contributed by atoms with Gasteiger partial charge in [0, 0.05) is 11.7 Å². The van der Waals surface area contributed by atoms with Crippen LogP contribution in [0, 0.1) is 0 Å². The molecule has 3 rings (SSSR count). The standard InChI is InChI=1S/C20H20N2O4/c1-13-10-17(19(24)22(13)16-8-3-2-4-9-16)21-18(23)12-14-6-5-7-15(11-14)20(25)26/h2-9,11,13,17H,10,12H2,1H3,(H,21,23)(H,25,26). The highest BCUT2D eigenvalue weighted by Gasteiger charge is 2.38. The number of para-hydroxylation sites is 1. The highest BCUT2D eigenvalue weighted by atomic mass is 16.4. The third-order valence-corrected chi connectivity index (χ3v) is 4.46. The second kappa shape index (κ2) is 7.39. The molecular weight excluding hydrogens is 332 g/mol. The molecule has 2 aromatic carbocycles. The van der Waals surface area contributed by atoms with Gasteiger partial charge in [-0.15, -0.1) is 0 Å². The summed E-state index contributed by atoms with van der Waals surface area (Å²) in [6, 6.07) is 15.0. The number of carboxylic acid groups (broad SMARTS) is 1. The van der Waals surface area contributed by atoms with Gasteiger partial charge >= 0.3 is 5.97 Å². The summed E-state index contributed by atoms with van der Waals surface area (Å²) in [5, 5.41) is 11.8. The Hall–Kier alpha value is -3.15. The van der Waals surface area contributed by atoms with Crippen LogP contribution in [0.1, 0.15) is 29.3 Å². The first-order chi connectivity index (χ1) is 12.5. The smallest absolute Gasteiger partial charge is 0.335 e. The molecule has 2 atom stereocenters. The lowest BCUT2D eigenvalue weighted by atomic mass is 10.1. The Morgan fingerprint density at radius 2 is 1.88 bits per heavy atom. The van der Waals surface area contributed by atoms with E-state index >= 15 is 0 Å². The van der Waals surface area contributed by atoms with E-state index in [4.69, 9.17) is 5.11 Å². The maximum atomic E-state index is 12.7. The van der Waals surface area contributed by atoms with Crippen molar-refractivity contribution in [1.82, 2.24) is 5.32 Å². The first kappa shape index (κ1) is 17.7. The molecule has 2 unspecified atom stereocenters. The molecule has 6 heteroatoms. The van der Waals surface area contributed by atoms with Gasteiger partial charge in [0.25, 0.3) is 0 Å². The summed E-state index contributed by atoms with van der Waals surface area (Å²) in [4.78, 5) is 37.7. The monoisotopic (exact) mass is 352 g/mol. The fourth-order valence-corrected chi connectivity index (χ4v) is 3.27. The van der Waals surface area contributed by atoms with Crippen molar-refractivity contribution in [2.75, 3.05) is 4.90 Å². The van der Waals surface area contributed by atoms with Crippen molar-refractivity contribution < 1.29 is 19.5 Å². The zero-order chi connectivity index (χ0) is 18.7. The number of carboxylic acids is 1. The van der Waals surface area contributed by atoms with Crippen LogP contribution >= 0.6 is 0 Å². The Labute approximate surface area is 151 Å². The number of anilines is 1. The topological polar surface area (TPSA) is 86.7 Å². The van der Waals surface area contributed by atoms with Crippen LogP contribution in [0.3, 0.4) is 0 Å². The van der Waals surface area contributed by atoms with E-state index in [1.54, 1.807) is 17.0 Å². The fraction of sp³-hybridized carbons (Fsp3) is 0.250. The van der Waals surface area contributed by atoms with Crippen LogP contribution < -0.4 is 10.2 Å². The second-order valence-corrected chi connectivity index (χ2v) is 6.43. The summed E-state index contributed by atoms with van der Waals surface area (Å²) in [5.74, 6) is -1.46. The van der Waals surface area contributed by atoms with Crippen molar-refractivity contribution in [1.29, 1.82) is 0 Å². The Kier molecular flexibility index (Phi) is 5.02. The Bertz CT molecular complexity index is 835. The maximum Gasteiger partial charge on any atom is 0.335 e. The van der Waals surface area contributed by atoms with E-state index in [0.717, 1.165) is 5.69 Å². The number of amides is 2. The van der Waals surface area contributed by atoms with Crippen LogP contribution in [-0.2, 0) is 16.0 Å². The van der Waals surface area contributed by atoms with E-state index in [0.29, 0.717) is 12.0 Å². The minimum Gasteiger partial charge on any atom is -0.478 e. The predicted molar refractivity (Wildman–Crippen MR) is 97.0 cm³/mol. The van der Waals surface area contributed by atoms with E-state index in [1.807, 2.05) is 37.3 Å². The van der Waals surface area contributed by atoms with Crippen LogP contribution in [0.4, 0.5) is 5.69 Å². The van der Waals surface area contributed by atoms with Crippen LogP contribution in [0.2, 0.25) is 0 Å². The van der Waals surface area contributed by atoms with Gasteiger partial charge in [0.1, 0.15) is 6.04 Å². The average molecular weight is 352 g/mol. The van der Waals surface area contributed by atoms with Gasteiger partial charge in [0.2, 0.25) is 11.8 Å². The predicted octanol–water partition coefficient (Wildman–Crippen LogP) is 2.24. The number of hydrogen-bond acceptors (Lipinski definition) is 3.